The summed E-state index contributed by atoms with van der Waals surface area (Å²) in [4.78, 5) is 13.7. The van der Waals surface area contributed by atoms with Crippen LogP contribution in [0.4, 0.5) is 10.1 Å². The molecule has 0 unspecified atom stereocenters. The maximum absolute atomic E-state index is 14.9. The topological polar surface area (TPSA) is 99.2 Å². The number of carbonyl (C=O) groups is 1. The number of amides is 1. The molecule has 2 aliphatic heterocycles. The van der Waals surface area contributed by atoms with Crippen LogP contribution < -0.4 is 9.03 Å². The number of hydrogen-bond acceptors (Lipinski definition) is 6. The lowest BCUT2D eigenvalue weighted by Gasteiger charge is -2.26. The van der Waals surface area contributed by atoms with Gasteiger partial charge in [0.05, 0.1) is 18.8 Å². The normalized spacial score (nSPS) is 26.5. The van der Waals surface area contributed by atoms with Crippen LogP contribution in [0, 0.1) is 29.5 Å². The maximum atomic E-state index is 14.9. The molecule has 8 nitrogen and oxygen atoms in total. The smallest absolute Gasteiger partial charge is 0.326 e. The molecule has 150 valence electrons. The molecule has 28 heavy (non-hydrogen) atoms. The minimum absolute atomic E-state index is 0.0145. The third kappa shape index (κ3) is 3.78. The molecular formula is C18H20FN3O5S. The lowest BCUT2D eigenvalue weighted by Crippen LogP contribution is -2.37. The summed E-state index contributed by atoms with van der Waals surface area (Å²) in [6, 6.07) is 2.48. The highest BCUT2D eigenvalue weighted by Crippen LogP contribution is 2.39. The molecule has 0 spiro atoms. The first kappa shape index (κ1) is 19.0. The minimum Gasteiger partial charge on any atom is -0.506 e. The maximum Gasteiger partial charge on any atom is 0.326 e. The van der Waals surface area contributed by atoms with Gasteiger partial charge in [-0.1, -0.05) is 11.8 Å². The highest BCUT2D eigenvalue weighted by molar-refractivity contribution is 7.92. The quantitative estimate of drug-likeness (QED) is 0.684. The molecular weight excluding hydrogens is 389 g/mol. The van der Waals surface area contributed by atoms with Crippen LogP contribution in [0.2, 0.25) is 0 Å². The fourth-order valence-electron chi connectivity index (χ4n) is 3.45. The highest BCUT2D eigenvalue weighted by Gasteiger charge is 2.39. The summed E-state index contributed by atoms with van der Waals surface area (Å²) in [5.41, 5.74) is -0.579. The van der Waals surface area contributed by atoms with Crippen LogP contribution in [0.5, 0.6) is 5.75 Å². The molecule has 2 N–H and O–H groups in total. The second kappa shape index (κ2) is 7.24. The van der Waals surface area contributed by atoms with Gasteiger partial charge in [0.15, 0.2) is 5.82 Å². The van der Waals surface area contributed by atoms with E-state index in [1.54, 1.807) is 4.72 Å². The Balaban J connectivity index is 1.50. The lowest BCUT2D eigenvalue weighted by molar-refractivity contribution is -0.117. The van der Waals surface area contributed by atoms with Crippen LogP contribution in [-0.2, 0) is 19.7 Å². The molecule has 3 aliphatic rings. The number of halogens is 1. The molecule has 0 aromatic heterocycles. The van der Waals surface area contributed by atoms with Gasteiger partial charge in [0.2, 0.25) is 0 Å². The average molecular weight is 409 g/mol. The molecule has 1 saturated carbocycles. The molecule has 1 aliphatic carbocycles. The van der Waals surface area contributed by atoms with Gasteiger partial charge in [0.1, 0.15) is 18.0 Å². The van der Waals surface area contributed by atoms with Crippen molar-refractivity contribution in [2.24, 2.45) is 11.8 Å². The zero-order valence-corrected chi connectivity index (χ0v) is 15.8. The molecule has 0 radical (unpaired) electrons. The van der Waals surface area contributed by atoms with Crippen molar-refractivity contribution in [3.05, 3.63) is 23.5 Å². The first-order valence-electron chi connectivity index (χ1n) is 9.01. The second-order valence-corrected chi connectivity index (χ2v) is 8.71. The highest BCUT2D eigenvalue weighted by atomic mass is 32.2. The van der Waals surface area contributed by atoms with Crippen LogP contribution >= 0.6 is 0 Å². The van der Waals surface area contributed by atoms with Crippen LogP contribution in [0.1, 0.15) is 12.0 Å². The Morgan fingerprint density at radius 2 is 2.07 bits per heavy atom. The van der Waals surface area contributed by atoms with Gasteiger partial charge >= 0.3 is 10.2 Å². The molecule has 1 aromatic rings. The number of ether oxygens (including phenoxy) is 1. The molecule has 2 saturated heterocycles. The van der Waals surface area contributed by atoms with E-state index in [1.165, 1.54) is 12.1 Å². The number of anilines is 1. The van der Waals surface area contributed by atoms with E-state index < -0.39 is 39.9 Å². The van der Waals surface area contributed by atoms with Gasteiger partial charge in [-0.15, -0.1) is 0 Å². The first-order chi connectivity index (χ1) is 13.3. The molecule has 2 heterocycles. The fraction of sp³-hybridized carbons (Fsp3) is 0.500. The van der Waals surface area contributed by atoms with Gasteiger partial charge in [0.25, 0.3) is 5.91 Å². The van der Waals surface area contributed by atoms with Crippen molar-refractivity contribution in [2.45, 2.75) is 6.42 Å². The van der Waals surface area contributed by atoms with Gasteiger partial charge in [-0.05, 0) is 24.5 Å². The molecule has 0 bridgehead atoms. The van der Waals surface area contributed by atoms with Crippen LogP contribution in [-0.4, -0.2) is 63.7 Å². The average Bonchev–Trinajstić information content (AvgIpc) is 3.31. The van der Waals surface area contributed by atoms with Crippen molar-refractivity contribution in [3.63, 3.8) is 0 Å². The van der Waals surface area contributed by atoms with Crippen LogP contribution in [0.25, 0.3) is 0 Å². The number of benzene rings is 1. The predicted octanol–water partition coefficient (Wildman–Crippen LogP) is 0.0321. The third-order valence-corrected chi connectivity index (χ3v) is 6.45. The van der Waals surface area contributed by atoms with Crippen molar-refractivity contribution in [1.29, 1.82) is 0 Å². The summed E-state index contributed by atoms with van der Waals surface area (Å²) in [5.74, 6) is 4.08. The van der Waals surface area contributed by atoms with Crippen LogP contribution in [0.3, 0.4) is 0 Å². The number of nitrogens with zero attached hydrogens (tertiary/aromatic N) is 2. The zero-order valence-electron chi connectivity index (χ0n) is 15.0. The molecule has 1 aromatic carbocycles. The van der Waals surface area contributed by atoms with E-state index in [-0.39, 0.29) is 11.5 Å². The molecule has 1 amide bonds. The van der Waals surface area contributed by atoms with Gasteiger partial charge in [0, 0.05) is 25.6 Å². The standard InChI is InChI=1S/C18H20FN3O5S/c19-17-12(1-2-13-9-14(13)10-21-5-7-27-8-6-21)3-4-15(23)18(17)22-11-16(24)20-28(22,25)26/h3-4,13-14,23H,5-11H2,(H,20,24)/t13-,14+/m1/s1. The SMILES string of the molecule is O=C1CN(c2c(O)ccc(C#C[C@@H]3C[C@H]3CN3CCOCC3)c2F)S(=O)(=O)N1. The Labute approximate surface area is 162 Å². The number of phenolic OH excluding ortho intramolecular Hbond substituents is 1. The van der Waals surface area contributed by atoms with Crippen LogP contribution in [0.15, 0.2) is 12.1 Å². The van der Waals surface area contributed by atoms with Crippen molar-refractivity contribution < 1.29 is 27.4 Å². The van der Waals surface area contributed by atoms with E-state index in [0.29, 0.717) is 10.2 Å². The summed E-state index contributed by atoms with van der Waals surface area (Å²) in [6.07, 6.45) is 0.940. The first-order valence-corrected chi connectivity index (χ1v) is 10.5. The summed E-state index contributed by atoms with van der Waals surface area (Å²) in [6.45, 7) is 3.63. The summed E-state index contributed by atoms with van der Waals surface area (Å²) in [7, 11) is -4.23. The Morgan fingerprint density at radius 1 is 1.32 bits per heavy atom. The summed E-state index contributed by atoms with van der Waals surface area (Å²) >= 11 is 0. The van der Waals surface area contributed by atoms with E-state index in [0.717, 1.165) is 39.3 Å². The molecule has 4 rings (SSSR count). The minimum atomic E-state index is -4.23. The number of carbonyl (C=O) groups excluding carboxylic acids is 1. The van der Waals surface area contributed by atoms with Crippen molar-refractivity contribution in [1.82, 2.24) is 9.62 Å². The molecule has 10 heteroatoms. The van der Waals surface area contributed by atoms with E-state index >= 15 is 0 Å². The zero-order chi connectivity index (χ0) is 19.9. The van der Waals surface area contributed by atoms with Gasteiger partial charge in [-0.25, -0.2) is 13.4 Å². The summed E-state index contributed by atoms with van der Waals surface area (Å²) in [5, 5.41) is 9.96. The van der Waals surface area contributed by atoms with E-state index in [9.17, 15) is 22.7 Å². The number of rotatable bonds is 3. The molecule has 2 atom stereocenters. The summed E-state index contributed by atoms with van der Waals surface area (Å²) < 4.78 is 46.4. The predicted molar refractivity (Wildman–Crippen MR) is 98.2 cm³/mol. The van der Waals surface area contributed by atoms with Crippen molar-refractivity contribution >= 4 is 21.8 Å². The van der Waals surface area contributed by atoms with Crippen molar-refractivity contribution in [2.75, 3.05) is 43.7 Å². The Kier molecular flexibility index (Phi) is 4.91. The Hall–Kier alpha value is -2.35. The molecule has 3 fully saturated rings. The monoisotopic (exact) mass is 409 g/mol. The number of aromatic hydroxyl groups is 1. The fourth-order valence-corrected chi connectivity index (χ4v) is 4.61. The number of phenols is 1. The largest absolute Gasteiger partial charge is 0.506 e. The van der Waals surface area contributed by atoms with Gasteiger partial charge in [-0.3, -0.25) is 9.69 Å². The third-order valence-electron chi connectivity index (χ3n) is 5.08. The second-order valence-electron chi connectivity index (χ2n) is 7.12. The Bertz CT molecular complexity index is 965. The van der Waals surface area contributed by atoms with Gasteiger partial charge in [-0.2, -0.15) is 8.42 Å². The van der Waals surface area contributed by atoms with E-state index in [1.807, 2.05) is 0 Å². The van der Waals surface area contributed by atoms with E-state index in [4.69, 9.17) is 4.74 Å². The van der Waals surface area contributed by atoms with E-state index in [2.05, 4.69) is 16.7 Å². The number of morpholine rings is 1. The Morgan fingerprint density at radius 3 is 2.75 bits per heavy atom. The lowest BCUT2D eigenvalue weighted by atomic mass is 10.1. The van der Waals surface area contributed by atoms with Gasteiger partial charge < -0.3 is 9.84 Å². The number of nitrogens with one attached hydrogen (secondary N) is 1. The number of hydrogen-bond donors (Lipinski definition) is 2. The van der Waals surface area contributed by atoms with Crippen molar-refractivity contribution in [3.8, 4) is 17.6 Å².